The van der Waals surface area contributed by atoms with Crippen molar-refractivity contribution in [2.24, 2.45) is 0 Å². The van der Waals surface area contributed by atoms with Gasteiger partial charge in [0.25, 0.3) is 5.78 Å². The van der Waals surface area contributed by atoms with Crippen LogP contribution in [-0.4, -0.2) is 41.5 Å². The number of aliphatic hydroxyl groups excluding tert-OH is 1. The van der Waals surface area contributed by atoms with E-state index in [9.17, 15) is 19.5 Å². The van der Waals surface area contributed by atoms with Gasteiger partial charge in [-0.15, -0.1) is 0 Å². The average molecular weight is 583 g/mol. The van der Waals surface area contributed by atoms with Crippen molar-refractivity contribution in [1.82, 2.24) is 4.98 Å². The van der Waals surface area contributed by atoms with Crippen LogP contribution in [-0.2, 0) is 14.3 Å². The summed E-state index contributed by atoms with van der Waals surface area (Å²) in [5.41, 5.74) is 1.01. The van der Waals surface area contributed by atoms with E-state index in [2.05, 4.69) is 11.6 Å². The van der Waals surface area contributed by atoms with E-state index < -0.39 is 23.7 Å². The predicted octanol–water partition coefficient (Wildman–Crippen LogP) is 6.22. The van der Waals surface area contributed by atoms with Crippen molar-refractivity contribution in [1.29, 1.82) is 0 Å². The molecular formula is C32H26N2O7S. The zero-order valence-electron chi connectivity index (χ0n) is 22.8. The van der Waals surface area contributed by atoms with E-state index >= 15 is 0 Å². The lowest BCUT2D eigenvalue weighted by Gasteiger charge is -2.23. The van der Waals surface area contributed by atoms with E-state index in [0.29, 0.717) is 40.7 Å². The highest BCUT2D eigenvalue weighted by molar-refractivity contribution is 7.17. The summed E-state index contributed by atoms with van der Waals surface area (Å²) < 4.78 is 16.4. The minimum Gasteiger partial charge on any atom is -0.507 e. The highest BCUT2D eigenvalue weighted by atomic mass is 32.1. The van der Waals surface area contributed by atoms with Gasteiger partial charge in [-0.1, -0.05) is 54.3 Å². The van der Waals surface area contributed by atoms with Gasteiger partial charge in [-0.2, -0.15) is 0 Å². The summed E-state index contributed by atoms with van der Waals surface area (Å²) in [6.45, 7) is 5.54. The Labute approximate surface area is 245 Å². The molecule has 0 radical (unpaired) electrons. The molecule has 5 rings (SSSR count). The van der Waals surface area contributed by atoms with Crippen molar-refractivity contribution in [3.8, 4) is 17.2 Å². The van der Waals surface area contributed by atoms with Crippen molar-refractivity contribution in [2.75, 3.05) is 18.6 Å². The molecule has 4 aromatic rings. The SMILES string of the molecule is C=CCOc1ccc(/C(O)=C2\C(=O)C(=O)N(c3nc(C)c(C(=O)OC)s3)C2c2cccc(Oc3ccccc3)c2)cc1. The van der Waals surface area contributed by atoms with E-state index in [-0.39, 0.29) is 21.3 Å². The molecule has 1 saturated heterocycles. The second-order valence-corrected chi connectivity index (χ2v) is 10.2. The van der Waals surface area contributed by atoms with Gasteiger partial charge in [-0.05, 0) is 61.0 Å². The van der Waals surface area contributed by atoms with Gasteiger partial charge in [0.15, 0.2) is 5.13 Å². The van der Waals surface area contributed by atoms with Crippen LogP contribution in [0.25, 0.3) is 5.76 Å². The molecule has 1 aliphatic heterocycles. The third-order valence-corrected chi connectivity index (χ3v) is 7.59. The van der Waals surface area contributed by atoms with Crippen LogP contribution >= 0.6 is 11.3 Å². The van der Waals surface area contributed by atoms with Crippen molar-refractivity contribution >= 4 is 39.9 Å². The number of methoxy groups -OCH3 is 1. The monoisotopic (exact) mass is 582 g/mol. The van der Waals surface area contributed by atoms with Gasteiger partial charge in [-0.25, -0.2) is 9.78 Å². The average Bonchev–Trinajstić information content (AvgIpc) is 3.52. The molecule has 10 heteroatoms. The summed E-state index contributed by atoms with van der Waals surface area (Å²) in [4.78, 5) is 45.3. The van der Waals surface area contributed by atoms with Crippen LogP contribution in [0.15, 0.2) is 97.1 Å². The Morgan fingerprint density at radius 3 is 2.43 bits per heavy atom. The number of Topliss-reactive ketones (excluding diaryl/α,β-unsaturated/α-hetero) is 1. The zero-order valence-corrected chi connectivity index (χ0v) is 23.6. The van der Waals surface area contributed by atoms with Gasteiger partial charge in [0.1, 0.15) is 34.5 Å². The third-order valence-electron chi connectivity index (χ3n) is 6.45. The normalized spacial score (nSPS) is 15.9. The summed E-state index contributed by atoms with van der Waals surface area (Å²) in [5.74, 6) is -1.17. The number of amides is 1. The molecule has 3 aromatic carbocycles. The lowest BCUT2D eigenvalue weighted by atomic mass is 9.95. The first-order valence-corrected chi connectivity index (χ1v) is 13.7. The minimum atomic E-state index is -1.07. The molecule has 0 spiro atoms. The first-order chi connectivity index (χ1) is 20.3. The topological polar surface area (TPSA) is 115 Å². The van der Waals surface area contributed by atoms with E-state index in [4.69, 9.17) is 14.2 Å². The van der Waals surface area contributed by atoms with Gasteiger partial charge in [-0.3, -0.25) is 14.5 Å². The number of carbonyl (C=O) groups is 3. The standard InChI is InChI=1S/C32H26N2O7S/c1-4-17-40-22-15-13-20(14-16-22)27(35)25-26(21-9-8-12-24(18-21)41-23-10-6-5-7-11-23)34(30(37)28(25)36)32-33-19(2)29(42-32)31(38)39-3/h4-16,18,26,35H,1,17H2,2-3H3/b27-25+. The number of ketones is 1. The molecule has 1 atom stereocenters. The summed E-state index contributed by atoms with van der Waals surface area (Å²) in [5, 5.41) is 11.6. The lowest BCUT2D eigenvalue weighted by Crippen LogP contribution is -2.29. The molecule has 42 heavy (non-hydrogen) atoms. The molecule has 0 saturated carbocycles. The molecule has 1 aliphatic rings. The molecule has 1 aromatic heterocycles. The van der Waals surface area contributed by atoms with Gasteiger partial charge in [0.2, 0.25) is 0 Å². The molecule has 0 aliphatic carbocycles. The number of aromatic nitrogens is 1. The van der Waals surface area contributed by atoms with Crippen molar-refractivity contribution in [2.45, 2.75) is 13.0 Å². The maximum atomic E-state index is 13.6. The van der Waals surface area contributed by atoms with Gasteiger partial charge < -0.3 is 19.3 Å². The number of esters is 1. The number of benzene rings is 3. The largest absolute Gasteiger partial charge is 0.507 e. The summed E-state index contributed by atoms with van der Waals surface area (Å²) >= 11 is 0.927. The van der Waals surface area contributed by atoms with Gasteiger partial charge >= 0.3 is 11.9 Å². The number of nitrogens with zero attached hydrogens (tertiary/aromatic N) is 2. The number of hydrogen-bond donors (Lipinski definition) is 1. The predicted molar refractivity (Wildman–Crippen MR) is 158 cm³/mol. The quantitative estimate of drug-likeness (QED) is 0.0813. The van der Waals surface area contributed by atoms with Crippen LogP contribution in [0.5, 0.6) is 17.2 Å². The summed E-state index contributed by atoms with van der Waals surface area (Å²) in [6, 6.07) is 21.4. The van der Waals surface area contributed by atoms with Crippen molar-refractivity contribution < 1.29 is 33.7 Å². The number of carbonyl (C=O) groups excluding carboxylic acids is 3. The minimum absolute atomic E-state index is 0.113. The number of anilines is 1. The number of rotatable bonds is 9. The van der Waals surface area contributed by atoms with E-state index in [1.807, 2.05) is 18.2 Å². The summed E-state index contributed by atoms with van der Waals surface area (Å²) in [6.07, 6.45) is 1.61. The zero-order chi connectivity index (χ0) is 29.8. The van der Waals surface area contributed by atoms with Gasteiger partial charge in [0, 0.05) is 5.56 Å². The first kappa shape index (κ1) is 28.3. The van der Waals surface area contributed by atoms with E-state index in [1.165, 1.54) is 12.0 Å². The van der Waals surface area contributed by atoms with Crippen LogP contribution in [0, 0.1) is 6.92 Å². The van der Waals surface area contributed by atoms with Crippen molar-refractivity contribution in [3.05, 3.63) is 119 Å². The summed E-state index contributed by atoms with van der Waals surface area (Å²) in [7, 11) is 1.25. The molecular weight excluding hydrogens is 556 g/mol. The number of thiazole rings is 1. The fourth-order valence-electron chi connectivity index (χ4n) is 4.50. The smallest absolute Gasteiger partial charge is 0.350 e. The number of aliphatic hydroxyl groups is 1. The second-order valence-electron chi connectivity index (χ2n) is 9.18. The number of aryl methyl sites for hydroxylation is 1. The van der Waals surface area contributed by atoms with Crippen LogP contribution in [0.1, 0.15) is 32.5 Å². The molecule has 1 fully saturated rings. The molecule has 1 unspecified atom stereocenters. The molecule has 2 heterocycles. The van der Waals surface area contributed by atoms with Crippen molar-refractivity contribution in [3.63, 3.8) is 0 Å². The van der Waals surface area contributed by atoms with Gasteiger partial charge in [0.05, 0.1) is 24.4 Å². The van der Waals surface area contributed by atoms with E-state index in [0.717, 1.165) is 11.3 Å². The van der Waals surface area contributed by atoms with Crippen LogP contribution in [0.3, 0.4) is 0 Å². The Morgan fingerprint density at radius 1 is 1.02 bits per heavy atom. The van der Waals surface area contributed by atoms with Crippen LogP contribution in [0.2, 0.25) is 0 Å². The highest BCUT2D eigenvalue weighted by Crippen LogP contribution is 2.44. The Kier molecular flexibility index (Phi) is 8.16. The fourth-order valence-corrected chi connectivity index (χ4v) is 5.52. The van der Waals surface area contributed by atoms with Crippen LogP contribution in [0.4, 0.5) is 5.13 Å². The van der Waals surface area contributed by atoms with Crippen LogP contribution < -0.4 is 14.4 Å². The first-order valence-electron chi connectivity index (χ1n) is 12.9. The number of hydrogen-bond acceptors (Lipinski definition) is 9. The molecule has 1 N–H and O–H groups in total. The Morgan fingerprint density at radius 2 is 1.74 bits per heavy atom. The Balaban J connectivity index is 1.64. The highest BCUT2D eigenvalue weighted by Gasteiger charge is 2.48. The number of para-hydroxylation sites is 1. The fraction of sp³-hybridized carbons (Fsp3) is 0.125. The molecule has 212 valence electrons. The maximum Gasteiger partial charge on any atom is 0.350 e. The number of ether oxygens (including phenoxy) is 3. The third kappa shape index (κ3) is 5.52. The Bertz CT molecular complexity index is 1690. The van der Waals surface area contributed by atoms with E-state index in [1.54, 1.807) is 73.7 Å². The second kappa shape index (κ2) is 12.1. The molecule has 9 nitrogen and oxygen atoms in total. The maximum absolute atomic E-state index is 13.6. The Hall–Kier alpha value is -5.22. The lowest BCUT2D eigenvalue weighted by molar-refractivity contribution is -0.132. The molecule has 0 bridgehead atoms. The molecule has 1 amide bonds.